The van der Waals surface area contributed by atoms with E-state index in [1.54, 1.807) is 14.2 Å². The van der Waals surface area contributed by atoms with E-state index in [-0.39, 0.29) is 42.4 Å². The molecular weight excluding hydrogens is 1080 g/mol. The van der Waals surface area contributed by atoms with Gasteiger partial charge < -0.3 is 43.7 Å². The molecule has 3 aliphatic heterocycles. The van der Waals surface area contributed by atoms with Crippen LogP contribution in [-0.4, -0.2) is 107 Å². The van der Waals surface area contributed by atoms with Crippen LogP contribution in [0.2, 0.25) is 0 Å². The molecular formula is C69H76N8O9. The number of aromatic amines is 2. The Bertz CT molecular complexity index is 4000. The van der Waals surface area contributed by atoms with E-state index in [1.807, 2.05) is 73.7 Å². The van der Waals surface area contributed by atoms with Crippen LogP contribution >= 0.6 is 0 Å². The van der Waals surface area contributed by atoms with E-state index in [0.29, 0.717) is 101 Å². The van der Waals surface area contributed by atoms with Crippen LogP contribution < -0.4 is 14.8 Å². The van der Waals surface area contributed by atoms with Gasteiger partial charge >= 0.3 is 5.97 Å². The summed E-state index contributed by atoms with van der Waals surface area (Å²) in [7, 11) is 4.61. The first kappa shape index (κ1) is 60.4. The van der Waals surface area contributed by atoms with Crippen LogP contribution in [0.4, 0.5) is 11.5 Å². The van der Waals surface area contributed by atoms with Crippen LogP contribution in [0, 0.1) is 25.7 Å². The number of hydrogen-bond donors (Lipinski definition) is 3. The van der Waals surface area contributed by atoms with Crippen molar-refractivity contribution in [2.24, 2.45) is 0 Å². The number of methoxy groups -OCH3 is 3. The van der Waals surface area contributed by atoms with Crippen LogP contribution in [0.15, 0.2) is 85.2 Å². The zero-order valence-corrected chi connectivity index (χ0v) is 50.9. The summed E-state index contributed by atoms with van der Waals surface area (Å²) >= 11 is 0. The molecule has 446 valence electrons. The Balaban J connectivity index is 1.02. The Kier molecular flexibility index (Phi) is 19.1. The minimum absolute atomic E-state index is 0.0424. The number of rotatable bonds is 23. The molecule has 3 N–H and O–H groups in total. The summed E-state index contributed by atoms with van der Waals surface area (Å²) < 4.78 is 34.2. The molecule has 4 aromatic heterocycles. The number of esters is 1. The van der Waals surface area contributed by atoms with Crippen molar-refractivity contribution in [2.45, 2.75) is 118 Å². The fourth-order valence-electron chi connectivity index (χ4n) is 11.8. The van der Waals surface area contributed by atoms with Gasteiger partial charge in [-0.1, -0.05) is 70.1 Å². The zero-order valence-electron chi connectivity index (χ0n) is 50.9. The second-order valence-corrected chi connectivity index (χ2v) is 22.1. The Labute approximate surface area is 502 Å². The number of H-pyrrole nitrogens is 2. The van der Waals surface area contributed by atoms with Gasteiger partial charge in [-0.25, -0.2) is 15.0 Å². The van der Waals surface area contributed by atoms with Gasteiger partial charge in [-0.15, -0.1) is 0 Å². The van der Waals surface area contributed by atoms with Gasteiger partial charge in [0.15, 0.2) is 11.5 Å². The lowest BCUT2D eigenvalue weighted by atomic mass is 9.84. The van der Waals surface area contributed by atoms with Gasteiger partial charge in [0.25, 0.3) is 11.8 Å². The average molecular weight is 1160 g/mol. The molecule has 0 saturated heterocycles. The minimum atomic E-state index is -0.492. The third kappa shape index (κ3) is 12.8. The molecule has 0 saturated carbocycles. The van der Waals surface area contributed by atoms with Gasteiger partial charge in [0.1, 0.15) is 25.4 Å². The summed E-state index contributed by atoms with van der Waals surface area (Å²) in [6.45, 7) is 16.7. The van der Waals surface area contributed by atoms with E-state index in [1.165, 1.54) is 24.8 Å². The first-order chi connectivity index (χ1) is 41.7. The normalized spacial score (nSPS) is 15.0. The van der Waals surface area contributed by atoms with Gasteiger partial charge in [0.2, 0.25) is 0 Å². The number of carbonyl (C=O) groups excluding carboxylic acids is 3. The van der Waals surface area contributed by atoms with Crippen molar-refractivity contribution in [1.82, 2.24) is 34.8 Å². The number of carbonyl (C=O) groups is 3. The first-order valence-corrected chi connectivity index (χ1v) is 29.8. The Morgan fingerprint density at radius 1 is 0.744 bits per heavy atom. The molecule has 3 aliphatic rings. The lowest BCUT2D eigenvalue weighted by Crippen LogP contribution is -2.40. The maximum absolute atomic E-state index is 15.6. The number of nitrogens with one attached hydrogen (secondary N) is 3. The lowest BCUT2D eigenvalue weighted by molar-refractivity contribution is -0.140. The van der Waals surface area contributed by atoms with Crippen molar-refractivity contribution in [2.75, 3.05) is 59.7 Å². The standard InChI is InChI=1S/C69H76N8O9/c1-11-13-14-15-26-84-44(7)62-42(5)54-34-53-41(4)50(24-25-61(78)83-10)65(75-53)64-66-63(43(6)55(76-66)35-57-49(12-2)40(3)52(73-57)36-58(62)74-54)68(79)77(69(64)80)38-47-20-16-18-45(31-47)22-23-46-19-17-21-48(32-46)72-67-51-33-59(85-29-27-81-8)60(86-30-28-82-9)37-56(51)70-39-71-67/h16-21,31-37,39,41,44,50,74,76H,11-15,24-30,38H2,1-10H3,(H,70,71,72)/t41?,44?,50-/m0/s1. The molecule has 17 nitrogen and oxygen atoms in total. The monoisotopic (exact) mass is 1160 g/mol. The molecule has 0 aliphatic carbocycles. The van der Waals surface area contributed by atoms with E-state index in [2.05, 4.69) is 90.8 Å². The van der Waals surface area contributed by atoms with Crippen LogP contribution in [0.5, 0.6) is 11.5 Å². The number of nitrogens with zero attached hydrogens (tertiary/aromatic N) is 5. The number of unbranched alkanes of at least 4 members (excludes halogenated alkanes) is 3. The van der Waals surface area contributed by atoms with Crippen molar-refractivity contribution in [3.05, 3.63) is 152 Å². The molecule has 0 spiro atoms. The quantitative estimate of drug-likeness (QED) is 0.0236. The summed E-state index contributed by atoms with van der Waals surface area (Å²) in [6, 6.07) is 25.1. The van der Waals surface area contributed by atoms with Crippen LogP contribution in [0.3, 0.4) is 0 Å². The van der Waals surface area contributed by atoms with Crippen molar-refractivity contribution >= 4 is 73.4 Å². The second kappa shape index (κ2) is 27.1. The summed E-state index contributed by atoms with van der Waals surface area (Å²) in [5.41, 5.74) is 14.8. The molecule has 0 radical (unpaired) electrons. The number of benzene rings is 3. The molecule has 86 heavy (non-hydrogen) atoms. The number of aromatic nitrogens is 6. The van der Waals surface area contributed by atoms with Crippen LogP contribution in [0.1, 0.15) is 174 Å². The van der Waals surface area contributed by atoms with Gasteiger partial charge in [0, 0.05) is 95.2 Å². The van der Waals surface area contributed by atoms with E-state index < -0.39 is 11.8 Å². The second-order valence-electron chi connectivity index (χ2n) is 22.1. The van der Waals surface area contributed by atoms with Gasteiger partial charge in [-0.05, 0) is 129 Å². The zero-order chi connectivity index (χ0) is 60.6. The van der Waals surface area contributed by atoms with Gasteiger partial charge in [-0.2, -0.15) is 0 Å². The molecule has 0 fully saturated rings. The molecule has 17 heteroatoms. The molecule has 3 atom stereocenters. The molecule has 8 bridgehead atoms. The van der Waals surface area contributed by atoms with E-state index in [9.17, 15) is 4.79 Å². The van der Waals surface area contributed by atoms with Gasteiger partial charge in [-0.3, -0.25) is 24.3 Å². The van der Waals surface area contributed by atoms with Crippen molar-refractivity contribution < 1.29 is 42.8 Å². The molecule has 2 amide bonds. The maximum atomic E-state index is 15.6. The third-order valence-corrected chi connectivity index (χ3v) is 16.5. The number of ether oxygens (including phenoxy) is 6. The van der Waals surface area contributed by atoms with Crippen molar-refractivity contribution in [3.8, 4) is 23.3 Å². The third-order valence-electron chi connectivity index (χ3n) is 16.5. The predicted octanol–water partition coefficient (Wildman–Crippen LogP) is 13.7. The lowest BCUT2D eigenvalue weighted by Gasteiger charge is -2.27. The first-order valence-electron chi connectivity index (χ1n) is 29.8. The number of amides is 2. The molecule has 7 heterocycles. The van der Waals surface area contributed by atoms with Crippen molar-refractivity contribution in [3.63, 3.8) is 0 Å². The largest absolute Gasteiger partial charge is 0.487 e. The number of anilines is 2. The Morgan fingerprint density at radius 2 is 1.45 bits per heavy atom. The van der Waals surface area contributed by atoms with Crippen molar-refractivity contribution in [1.29, 1.82) is 0 Å². The van der Waals surface area contributed by atoms with E-state index in [0.717, 1.165) is 92.7 Å². The van der Waals surface area contributed by atoms with E-state index >= 15 is 9.59 Å². The smallest absolute Gasteiger partial charge is 0.305 e. The van der Waals surface area contributed by atoms with Crippen LogP contribution in [0.25, 0.3) is 44.1 Å². The SMILES string of the molecule is CCCCCCOC(C)c1c(C)c2cc3nc(c4c5[nH]c(cc6nc(cc1[nH]2)C(C)=C6CC)c(C)c5C(=O)N(Cc1cccc(C#Cc2cccc(Nc5ncnc6cc(OCCOC)c(OCCOC)cc56)c2)c1)C4=O)[C@@H](CCC(=O)OC)C3C. The molecule has 3 aromatic carbocycles. The highest BCUT2D eigenvalue weighted by Gasteiger charge is 2.41. The molecule has 2 unspecified atom stereocenters. The number of allylic oxidation sites excluding steroid dienone is 2. The Hall–Kier alpha value is -8.69. The highest BCUT2D eigenvalue weighted by molar-refractivity contribution is 6.23. The highest BCUT2D eigenvalue weighted by Crippen LogP contribution is 2.45. The summed E-state index contributed by atoms with van der Waals surface area (Å²) in [5.74, 6) is 6.34. The summed E-state index contributed by atoms with van der Waals surface area (Å²) in [5, 5.41) is 4.17. The predicted molar refractivity (Wildman–Crippen MR) is 335 cm³/mol. The van der Waals surface area contributed by atoms with E-state index in [4.69, 9.17) is 38.4 Å². The summed E-state index contributed by atoms with van der Waals surface area (Å²) in [4.78, 5) is 72.2. The summed E-state index contributed by atoms with van der Waals surface area (Å²) in [6.07, 6.45) is 6.87. The molecule has 10 rings (SSSR count). The average Bonchev–Trinajstić information content (AvgIpc) is 1.58. The Morgan fingerprint density at radius 3 is 2.19 bits per heavy atom. The topological polar surface area (TPSA) is 205 Å². The van der Waals surface area contributed by atoms with Gasteiger partial charge in [0.05, 0.1) is 72.2 Å². The number of imide groups is 1. The molecule has 7 aromatic rings. The number of fused-ring (bicyclic) bond motifs is 9. The highest BCUT2D eigenvalue weighted by atomic mass is 16.5. The fraction of sp³-hybridized carbons (Fsp3) is 0.377. The minimum Gasteiger partial charge on any atom is -0.487 e. The number of aryl methyl sites for hydroxylation is 2. The number of hydrogen-bond acceptors (Lipinski definition) is 14. The fourth-order valence-corrected chi connectivity index (χ4v) is 11.8. The van der Waals surface area contributed by atoms with Crippen LogP contribution in [-0.2, 0) is 30.3 Å². The maximum Gasteiger partial charge on any atom is 0.305 e.